The monoisotopic (exact) mass is 291 g/mol. The Hall–Kier alpha value is -2.16. The summed E-state index contributed by atoms with van der Waals surface area (Å²) < 4.78 is 38.5. The van der Waals surface area contributed by atoms with Crippen molar-refractivity contribution >= 4 is 17.5 Å². The van der Waals surface area contributed by atoms with Gasteiger partial charge in [-0.2, -0.15) is 18.3 Å². The van der Waals surface area contributed by atoms with Crippen molar-refractivity contribution in [2.24, 2.45) is 5.73 Å². The van der Waals surface area contributed by atoms with Gasteiger partial charge in [0.25, 0.3) is 5.91 Å². The van der Waals surface area contributed by atoms with E-state index in [0.29, 0.717) is 0 Å². The molecule has 0 radical (unpaired) electrons. The number of amides is 1. The zero-order chi connectivity index (χ0) is 14.2. The quantitative estimate of drug-likeness (QED) is 0.848. The molecule has 1 amide bonds. The first kappa shape index (κ1) is 13.3. The van der Waals surface area contributed by atoms with E-state index >= 15 is 0 Å². The average Bonchev–Trinajstić information content (AvgIpc) is 2.76. The Labute approximate surface area is 109 Å². The van der Waals surface area contributed by atoms with E-state index in [9.17, 15) is 18.0 Å². The van der Waals surface area contributed by atoms with Gasteiger partial charge in [-0.15, -0.1) is 0 Å². The molecule has 0 saturated carbocycles. The van der Waals surface area contributed by atoms with Crippen molar-refractivity contribution in [1.29, 1.82) is 0 Å². The fraction of sp³-hybridized carbons (Fsp3) is 0.111. The summed E-state index contributed by atoms with van der Waals surface area (Å²) in [6, 6.07) is 2.32. The van der Waals surface area contributed by atoms with E-state index < -0.39 is 23.1 Å². The van der Waals surface area contributed by atoms with Crippen LogP contribution >= 0.6 is 11.6 Å². The van der Waals surface area contributed by atoms with Gasteiger partial charge in [-0.3, -0.25) is 4.79 Å². The van der Waals surface area contributed by atoms with Gasteiger partial charge in [0.2, 0.25) is 5.82 Å². The minimum absolute atomic E-state index is 0.108. The number of hydrogen-bond acceptors (Lipinski definition) is 4. The number of carbonyl (C=O) groups is 1. The Morgan fingerprint density at radius 3 is 2.58 bits per heavy atom. The summed E-state index contributed by atoms with van der Waals surface area (Å²) in [5.74, 6) is -2.43. The molecule has 0 saturated heterocycles. The van der Waals surface area contributed by atoms with Gasteiger partial charge >= 0.3 is 6.18 Å². The molecule has 0 fully saturated rings. The van der Waals surface area contributed by atoms with E-state index in [0.717, 1.165) is 10.7 Å². The van der Waals surface area contributed by atoms with E-state index in [-0.39, 0.29) is 11.5 Å². The lowest BCUT2D eigenvalue weighted by Crippen LogP contribution is -2.15. The molecule has 0 aliphatic carbocycles. The van der Waals surface area contributed by atoms with Gasteiger partial charge in [-0.05, 0) is 6.07 Å². The molecule has 2 aromatic heterocycles. The highest BCUT2D eigenvalue weighted by Gasteiger charge is 2.35. The van der Waals surface area contributed by atoms with Gasteiger partial charge < -0.3 is 5.73 Å². The Kier molecular flexibility index (Phi) is 3.14. The predicted molar refractivity (Wildman–Crippen MR) is 57.7 cm³/mol. The molecule has 0 aliphatic rings. The first-order valence-electron chi connectivity index (χ1n) is 4.75. The fourth-order valence-corrected chi connectivity index (χ4v) is 1.41. The first-order valence-corrected chi connectivity index (χ1v) is 5.13. The van der Waals surface area contributed by atoms with Crippen molar-refractivity contribution in [2.45, 2.75) is 6.18 Å². The third-order valence-corrected chi connectivity index (χ3v) is 2.20. The lowest BCUT2D eigenvalue weighted by molar-refractivity contribution is -0.145. The van der Waals surface area contributed by atoms with Crippen LogP contribution in [0.25, 0.3) is 5.82 Å². The van der Waals surface area contributed by atoms with E-state index in [1.165, 1.54) is 12.3 Å². The molecule has 0 aliphatic heterocycles. The Bertz CT molecular complexity index is 639. The second-order valence-corrected chi connectivity index (χ2v) is 3.77. The van der Waals surface area contributed by atoms with Gasteiger partial charge in [0.05, 0.1) is 0 Å². The maximum atomic E-state index is 12.5. The number of nitrogens with two attached hydrogens (primary N) is 1. The molecule has 0 aromatic carbocycles. The second kappa shape index (κ2) is 4.50. The molecule has 0 spiro atoms. The molecule has 0 bridgehead atoms. The standard InChI is InChI=1S/C9H5ClF3N5O/c10-5-3-6(16-8(15-5)9(11,12)13)18-2-1-4(17-18)7(14)19/h1-3H,(H2,14,19). The minimum Gasteiger partial charge on any atom is -0.364 e. The van der Waals surface area contributed by atoms with Crippen molar-refractivity contribution in [2.75, 3.05) is 0 Å². The van der Waals surface area contributed by atoms with Crippen LogP contribution in [0.4, 0.5) is 13.2 Å². The molecular weight excluding hydrogens is 287 g/mol. The first-order chi connectivity index (χ1) is 8.77. The molecule has 10 heteroatoms. The lowest BCUT2D eigenvalue weighted by atomic mass is 10.4. The molecule has 2 aromatic rings. The van der Waals surface area contributed by atoms with Gasteiger partial charge in [0, 0.05) is 12.3 Å². The smallest absolute Gasteiger partial charge is 0.364 e. The maximum Gasteiger partial charge on any atom is 0.451 e. The van der Waals surface area contributed by atoms with Crippen molar-refractivity contribution in [3.63, 3.8) is 0 Å². The van der Waals surface area contributed by atoms with Gasteiger partial charge in [0.1, 0.15) is 10.8 Å². The minimum atomic E-state index is -4.74. The number of hydrogen-bond donors (Lipinski definition) is 1. The third-order valence-electron chi connectivity index (χ3n) is 2.01. The fourth-order valence-electron chi connectivity index (χ4n) is 1.23. The van der Waals surface area contributed by atoms with Crippen molar-refractivity contribution in [1.82, 2.24) is 19.7 Å². The number of aromatic nitrogens is 4. The summed E-state index contributed by atoms with van der Waals surface area (Å²) in [6.45, 7) is 0. The predicted octanol–water partition coefficient (Wildman–Crippen LogP) is 1.43. The van der Waals surface area contributed by atoms with Crippen molar-refractivity contribution in [3.05, 3.63) is 35.0 Å². The number of halogens is 4. The highest BCUT2D eigenvalue weighted by molar-refractivity contribution is 6.29. The van der Waals surface area contributed by atoms with Crippen LogP contribution in [0, 0.1) is 0 Å². The number of carbonyl (C=O) groups excluding carboxylic acids is 1. The average molecular weight is 292 g/mol. The maximum absolute atomic E-state index is 12.5. The van der Waals surface area contributed by atoms with Crippen LogP contribution in [0.1, 0.15) is 16.3 Å². The van der Waals surface area contributed by atoms with Crippen LogP contribution in [-0.2, 0) is 6.18 Å². The summed E-state index contributed by atoms with van der Waals surface area (Å²) in [7, 11) is 0. The van der Waals surface area contributed by atoms with Crippen molar-refractivity contribution in [3.8, 4) is 5.82 Å². The van der Waals surface area contributed by atoms with Gasteiger partial charge in [0.15, 0.2) is 5.82 Å². The zero-order valence-electron chi connectivity index (χ0n) is 9.02. The SMILES string of the molecule is NC(=O)c1ccn(-c2cc(Cl)nc(C(F)(F)F)n2)n1. The summed E-state index contributed by atoms with van der Waals surface area (Å²) >= 11 is 5.49. The van der Waals surface area contributed by atoms with E-state index in [1.807, 2.05) is 0 Å². The molecule has 2 N–H and O–H groups in total. The summed E-state index contributed by atoms with van der Waals surface area (Å²) in [4.78, 5) is 17.2. The van der Waals surface area contributed by atoms with E-state index in [2.05, 4.69) is 15.1 Å². The zero-order valence-corrected chi connectivity index (χ0v) is 9.77. The Morgan fingerprint density at radius 2 is 2.05 bits per heavy atom. The molecular formula is C9H5ClF3N5O. The molecule has 0 unspecified atom stereocenters. The highest BCUT2D eigenvalue weighted by atomic mass is 35.5. The van der Waals surface area contributed by atoms with Crippen LogP contribution in [0.15, 0.2) is 18.3 Å². The second-order valence-electron chi connectivity index (χ2n) is 3.38. The van der Waals surface area contributed by atoms with E-state index in [1.54, 1.807) is 0 Å². The van der Waals surface area contributed by atoms with Gasteiger partial charge in [-0.25, -0.2) is 14.6 Å². The van der Waals surface area contributed by atoms with Gasteiger partial charge in [-0.1, -0.05) is 11.6 Å². The van der Waals surface area contributed by atoms with E-state index in [4.69, 9.17) is 17.3 Å². The highest BCUT2D eigenvalue weighted by Crippen LogP contribution is 2.27. The summed E-state index contributed by atoms with van der Waals surface area (Å²) in [6.07, 6.45) is -3.50. The summed E-state index contributed by atoms with van der Waals surface area (Å²) in [5, 5.41) is 3.28. The van der Waals surface area contributed by atoms with Crippen LogP contribution < -0.4 is 5.73 Å². The number of primary amides is 1. The number of alkyl halides is 3. The van der Waals surface area contributed by atoms with Crippen molar-refractivity contribution < 1.29 is 18.0 Å². The molecule has 2 rings (SSSR count). The van der Waals surface area contributed by atoms with Crippen LogP contribution in [0.5, 0.6) is 0 Å². The number of nitrogens with zero attached hydrogens (tertiary/aromatic N) is 4. The van der Waals surface area contributed by atoms with Crippen LogP contribution in [0.2, 0.25) is 5.15 Å². The summed E-state index contributed by atoms with van der Waals surface area (Å²) in [5.41, 5.74) is 4.87. The molecule has 2 heterocycles. The van der Waals surface area contributed by atoms with Crippen LogP contribution in [-0.4, -0.2) is 25.7 Å². The molecule has 0 atom stereocenters. The molecule has 19 heavy (non-hydrogen) atoms. The largest absolute Gasteiger partial charge is 0.451 e. The topological polar surface area (TPSA) is 86.7 Å². The third kappa shape index (κ3) is 2.81. The Morgan fingerprint density at radius 1 is 1.37 bits per heavy atom. The lowest BCUT2D eigenvalue weighted by Gasteiger charge is -2.07. The molecule has 6 nitrogen and oxygen atoms in total. The molecule has 100 valence electrons. The Balaban J connectivity index is 2.50. The van der Waals surface area contributed by atoms with Crippen LogP contribution in [0.3, 0.4) is 0 Å². The normalized spacial score (nSPS) is 11.6. The number of rotatable bonds is 2.